The summed E-state index contributed by atoms with van der Waals surface area (Å²) in [5, 5.41) is 0. The van der Waals surface area contributed by atoms with Crippen LogP contribution in [0.3, 0.4) is 0 Å². The number of hydrogen-bond acceptors (Lipinski definition) is 3. The number of rotatable bonds is 11. The molecule has 0 unspecified atom stereocenters. The van der Waals surface area contributed by atoms with Crippen LogP contribution in [0, 0.1) is 31.9 Å². The van der Waals surface area contributed by atoms with Crippen molar-refractivity contribution in [3.63, 3.8) is 0 Å². The van der Waals surface area contributed by atoms with Gasteiger partial charge < -0.3 is 15.0 Å². The standard InChI is InChI=1S/C71H48N3.Ir/c1-48-39-69(53-23-9-4-10-24-53)72-45-66(48)62-32-18-15-29-59(62)56-41-57(60-30-16-19-33-63(60)67-46-73-70(40-49(67)2)54-25-11-5-12-26-54)43-58(42-56)61-31-17-20-34-64(61)68-47-74-71(55-27-13-6-14-28-55)44-65(68)52-37-35-51(36-38-52)50-21-7-3-8-22-50;/h3-23,25,27,29-47H,1-2H3;/q-3;+3/i1D3,2D3;. The number of aryl methyl sites for hydroxylation is 2. The second kappa shape index (κ2) is 21.7. The van der Waals surface area contributed by atoms with Crippen LogP contribution in [0.4, 0.5) is 0 Å². The molecule has 3 nitrogen and oxygen atoms in total. The average Bonchev–Trinajstić information content (AvgIpc) is 3.56. The first-order valence-corrected chi connectivity index (χ1v) is 24.5. The SMILES string of the molecule is [2H]C([2H])([2H])c1cc(-c2[c-]cccc2)ncc1-c1ccccc1-c1cc(-c2ccccc2-c2cnc(-c3[c-]cccc3)cc2-c2ccc(-c3ccccc3)cc2)cc(-c2ccccc2-c2cnc(-c3[c-]cccc3)cc2C([2H])([2H])[2H])c1.[Ir+3]. The Kier molecular flexibility index (Phi) is 12.0. The van der Waals surface area contributed by atoms with Crippen molar-refractivity contribution in [3.8, 4) is 123 Å². The summed E-state index contributed by atoms with van der Waals surface area (Å²) >= 11 is 0. The summed E-state index contributed by atoms with van der Waals surface area (Å²) in [6, 6.07) is 87.2. The van der Waals surface area contributed by atoms with Gasteiger partial charge in [0.15, 0.2) is 0 Å². The van der Waals surface area contributed by atoms with Crippen molar-refractivity contribution < 1.29 is 28.3 Å². The molecule has 0 radical (unpaired) electrons. The molecule has 0 fully saturated rings. The van der Waals surface area contributed by atoms with E-state index in [9.17, 15) is 0 Å². The maximum absolute atomic E-state index is 8.86. The van der Waals surface area contributed by atoms with Gasteiger partial charge in [0.25, 0.3) is 0 Å². The third-order valence-corrected chi connectivity index (χ3v) is 13.5. The van der Waals surface area contributed by atoms with Crippen LogP contribution in [0.2, 0.25) is 0 Å². The molecule has 0 amide bonds. The Balaban J connectivity index is 0.00000690. The summed E-state index contributed by atoms with van der Waals surface area (Å²) in [7, 11) is 0. The van der Waals surface area contributed by atoms with Crippen LogP contribution in [0.15, 0.2) is 255 Å². The molecule has 0 saturated carbocycles. The minimum absolute atomic E-state index is 0. The Morgan fingerprint density at radius 3 is 1.04 bits per heavy atom. The van der Waals surface area contributed by atoms with Crippen LogP contribution in [-0.2, 0) is 20.1 Å². The zero-order valence-electron chi connectivity index (χ0n) is 46.4. The summed E-state index contributed by atoms with van der Waals surface area (Å²) in [5.74, 6) is 0. The molecule has 0 aliphatic rings. The number of aromatic nitrogens is 3. The van der Waals surface area contributed by atoms with Crippen molar-refractivity contribution in [2.75, 3.05) is 0 Å². The van der Waals surface area contributed by atoms with Crippen molar-refractivity contribution in [1.29, 1.82) is 0 Å². The fraction of sp³-hybridized carbons (Fsp3) is 0.0282. The van der Waals surface area contributed by atoms with Gasteiger partial charge in [-0.2, -0.15) is 0 Å². The van der Waals surface area contributed by atoms with E-state index in [4.69, 9.17) is 23.2 Å². The van der Waals surface area contributed by atoms with Crippen LogP contribution in [0.5, 0.6) is 0 Å². The summed E-state index contributed by atoms with van der Waals surface area (Å²) in [5.41, 5.74) is 17.6. The van der Waals surface area contributed by atoms with E-state index in [1.165, 1.54) is 0 Å². The molecular weight excluding hydrogens is 1090 g/mol. The smallest absolute Gasteiger partial charge is 0.304 e. The molecule has 0 bridgehead atoms. The zero-order valence-corrected chi connectivity index (χ0v) is 42.8. The van der Waals surface area contributed by atoms with Gasteiger partial charge in [0.05, 0.1) is 0 Å². The molecule has 3 aromatic heterocycles. The fourth-order valence-electron chi connectivity index (χ4n) is 9.82. The summed E-state index contributed by atoms with van der Waals surface area (Å²) in [6.07, 6.45) is 5.26. The number of benzene rings is 9. The molecule has 4 heteroatoms. The van der Waals surface area contributed by atoms with Crippen molar-refractivity contribution >= 4 is 0 Å². The summed E-state index contributed by atoms with van der Waals surface area (Å²) in [4.78, 5) is 14.8. The fourth-order valence-corrected chi connectivity index (χ4v) is 9.82. The normalized spacial score (nSPS) is 12.5. The first-order valence-electron chi connectivity index (χ1n) is 27.5. The molecule has 12 aromatic rings. The van der Waals surface area contributed by atoms with Crippen LogP contribution < -0.4 is 0 Å². The number of nitrogens with zero attached hydrogens (tertiary/aromatic N) is 3. The second-order valence-corrected chi connectivity index (χ2v) is 18.1. The molecular formula is C71H48IrN3. The monoisotopic (exact) mass is 1140 g/mol. The topological polar surface area (TPSA) is 38.7 Å². The van der Waals surface area contributed by atoms with Crippen LogP contribution in [0.1, 0.15) is 19.4 Å². The molecule has 75 heavy (non-hydrogen) atoms. The quantitative estimate of drug-likeness (QED) is 0.121. The van der Waals surface area contributed by atoms with E-state index in [0.717, 1.165) is 78.0 Å². The van der Waals surface area contributed by atoms with E-state index >= 15 is 0 Å². The molecule has 12 rings (SSSR count). The van der Waals surface area contributed by atoms with E-state index in [1.807, 2.05) is 146 Å². The van der Waals surface area contributed by atoms with Gasteiger partial charge in [0.1, 0.15) is 0 Å². The first kappa shape index (κ1) is 41.5. The van der Waals surface area contributed by atoms with Crippen molar-refractivity contribution in [2.45, 2.75) is 13.7 Å². The summed E-state index contributed by atoms with van der Waals surface area (Å²) < 4.78 is 53.1. The van der Waals surface area contributed by atoms with E-state index < -0.39 is 13.7 Å². The predicted octanol–water partition coefficient (Wildman–Crippen LogP) is 18.2. The van der Waals surface area contributed by atoms with Gasteiger partial charge >= 0.3 is 20.1 Å². The minimum Gasteiger partial charge on any atom is -0.304 e. The molecule has 0 saturated heterocycles. The third-order valence-electron chi connectivity index (χ3n) is 13.5. The molecule has 3 heterocycles. The van der Waals surface area contributed by atoms with Crippen molar-refractivity contribution in [2.24, 2.45) is 0 Å². The number of hydrogen-bond donors (Lipinski definition) is 0. The largest absolute Gasteiger partial charge is 3.00 e. The average molecular weight is 1140 g/mol. The maximum atomic E-state index is 8.86. The maximum Gasteiger partial charge on any atom is 3.00 e. The predicted molar refractivity (Wildman–Crippen MR) is 306 cm³/mol. The first-order chi connectivity index (χ1) is 38.9. The summed E-state index contributed by atoms with van der Waals surface area (Å²) in [6.45, 7) is -4.99. The molecule has 356 valence electrons. The second-order valence-electron chi connectivity index (χ2n) is 18.1. The Hall–Kier alpha value is -8.92. The Labute approximate surface area is 461 Å². The van der Waals surface area contributed by atoms with Crippen LogP contribution >= 0.6 is 0 Å². The van der Waals surface area contributed by atoms with Gasteiger partial charge in [-0.1, -0.05) is 146 Å². The molecule has 9 aromatic carbocycles. The molecule has 0 spiro atoms. The van der Waals surface area contributed by atoms with E-state index in [0.29, 0.717) is 44.8 Å². The molecule has 0 aliphatic carbocycles. The van der Waals surface area contributed by atoms with Gasteiger partial charge in [-0.05, 0) is 132 Å². The minimum atomic E-state index is -2.50. The van der Waals surface area contributed by atoms with Crippen molar-refractivity contribution in [3.05, 3.63) is 285 Å². The van der Waals surface area contributed by atoms with E-state index in [-0.39, 0.29) is 31.2 Å². The van der Waals surface area contributed by atoms with Gasteiger partial charge in [-0.25, -0.2) is 0 Å². The Morgan fingerprint density at radius 2 is 0.627 bits per heavy atom. The Bertz CT molecular complexity index is 4030. The van der Waals surface area contributed by atoms with Gasteiger partial charge in [-0.3, -0.25) is 0 Å². The van der Waals surface area contributed by atoms with Crippen molar-refractivity contribution in [1.82, 2.24) is 15.0 Å². The van der Waals surface area contributed by atoms with Crippen LogP contribution in [0.25, 0.3) is 123 Å². The zero-order chi connectivity index (χ0) is 54.8. The van der Waals surface area contributed by atoms with E-state index in [2.05, 4.69) is 91.0 Å². The third kappa shape index (κ3) is 9.98. The Morgan fingerprint density at radius 1 is 0.280 bits per heavy atom. The van der Waals surface area contributed by atoms with E-state index in [1.54, 1.807) is 36.7 Å². The van der Waals surface area contributed by atoms with Gasteiger partial charge in [-0.15, -0.1) is 108 Å². The van der Waals surface area contributed by atoms with Gasteiger partial charge in [0, 0.05) is 43.5 Å². The molecule has 0 N–H and O–H groups in total. The molecule has 0 atom stereocenters. The van der Waals surface area contributed by atoms with Gasteiger partial charge in [0.2, 0.25) is 0 Å². The molecule has 0 aliphatic heterocycles. The number of pyridine rings is 3. The van der Waals surface area contributed by atoms with Crippen LogP contribution in [-0.4, -0.2) is 15.0 Å².